The molecule has 6 nitrogen and oxygen atoms in total. The molecule has 0 spiro atoms. The molecule has 2 amide bonds. The fraction of sp³-hybridized carbons (Fsp3) is 0.857. The summed E-state index contributed by atoms with van der Waals surface area (Å²) in [7, 11) is 0. The lowest BCUT2D eigenvalue weighted by Gasteiger charge is -2.39. The molecule has 1 rings (SSSR count). The zero-order valence-electron chi connectivity index (χ0n) is 13.0. The molecule has 1 saturated heterocycles. The Morgan fingerprint density at radius 1 is 1.40 bits per heavy atom. The molecule has 1 atom stereocenters. The Kier molecular flexibility index (Phi) is 5.80. The van der Waals surface area contributed by atoms with E-state index in [1.165, 1.54) is 0 Å². The third kappa shape index (κ3) is 4.67. The van der Waals surface area contributed by atoms with Crippen molar-refractivity contribution in [3.8, 4) is 0 Å². The minimum absolute atomic E-state index is 0.0131. The molecule has 20 heavy (non-hydrogen) atoms. The van der Waals surface area contributed by atoms with E-state index < -0.39 is 5.60 Å². The fourth-order valence-electron chi connectivity index (χ4n) is 2.42. The first-order valence-electron chi connectivity index (χ1n) is 7.26. The van der Waals surface area contributed by atoms with Gasteiger partial charge in [-0.05, 0) is 40.5 Å². The van der Waals surface area contributed by atoms with Crippen LogP contribution in [0.3, 0.4) is 0 Å². The second kappa shape index (κ2) is 6.92. The SMILES string of the molecule is CCN(C(=O)OC(C)(C)C)C1CCCN(C(=O)CN)C1. The number of amides is 2. The zero-order chi connectivity index (χ0) is 15.3. The van der Waals surface area contributed by atoms with Crippen molar-refractivity contribution in [1.82, 2.24) is 9.80 Å². The number of carbonyl (C=O) groups is 2. The highest BCUT2D eigenvalue weighted by atomic mass is 16.6. The maximum Gasteiger partial charge on any atom is 0.410 e. The topological polar surface area (TPSA) is 75.9 Å². The number of nitrogens with zero attached hydrogens (tertiary/aromatic N) is 2. The molecule has 0 aromatic rings. The normalized spacial score (nSPS) is 19.6. The smallest absolute Gasteiger partial charge is 0.410 e. The Morgan fingerprint density at radius 2 is 2.05 bits per heavy atom. The molecule has 0 aromatic heterocycles. The largest absolute Gasteiger partial charge is 0.444 e. The van der Waals surface area contributed by atoms with E-state index in [1.54, 1.807) is 9.80 Å². The predicted molar refractivity (Wildman–Crippen MR) is 77.3 cm³/mol. The van der Waals surface area contributed by atoms with E-state index in [-0.39, 0.29) is 24.6 Å². The van der Waals surface area contributed by atoms with Gasteiger partial charge in [0.2, 0.25) is 5.91 Å². The Morgan fingerprint density at radius 3 is 2.55 bits per heavy atom. The van der Waals surface area contributed by atoms with Gasteiger partial charge >= 0.3 is 6.09 Å². The maximum atomic E-state index is 12.2. The van der Waals surface area contributed by atoms with Crippen LogP contribution >= 0.6 is 0 Å². The number of ether oxygens (including phenoxy) is 1. The highest BCUT2D eigenvalue weighted by molar-refractivity contribution is 5.78. The first kappa shape index (κ1) is 16.8. The van der Waals surface area contributed by atoms with Crippen molar-refractivity contribution < 1.29 is 14.3 Å². The van der Waals surface area contributed by atoms with Crippen LogP contribution in [-0.4, -0.2) is 59.6 Å². The summed E-state index contributed by atoms with van der Waals surface area (Å²) in [6, 6.07) is 0.0131. The Bertz CT molecular complexity index is 352. The summed E-state index contributed by atoms with van der Waals surface area (Å²) in [6.07, 6.45) is 1.46. The van der Waals surface area contributed by atoms with Gasteiger partial charge in [-0.1, -0.05) is 0 Å². The van der Waals surface area contributed by atoms with Crippen LogP contribution < -0.4 is 5.73 Å². The summed E-state index contributed by atoms with van der Waals surface area (Å²) in [4.78, 5) is 27.3. The fourth-order valence-corrected chi connectivity index (χ4v) is 2.42. The highest BCUT2D eigenvalue weighted by Crippen LogP contribution is 2.19. The van der Waals surface area contributed by atoms with Gasteiger partial charge in [-0.15, -0.1) is 0 Å². The number of hydrogen-bond acceptors (Lipinski definition) is 4. The first-order valence-corrected chi connectivity index (χ1v) is 7.26. The van der Waals surface area contributed by atoms with Gasteiger partial charge in [0.05, 0.1) is 12.6 Å². The first-order chi connectivity index (χ1) is 9.28. The van der Waals surface area contributed by atoms with Gasteiger partial charge in [-0.2, -0.15) is 0 Å². The number of hydrogen-bond donors (Lipinski definition) is 1. The van der Waals surface area contributed by atoms with Crippen LogP contribution in [0, 0.1) is 0 Å². The summed E-state index contributed by atoms with van der Waals surface area (Å²) in [6.45, 7) is 9.34. The van der Waals surface area contributed by atoms with E-state index in [0.29, 0.717) is 13.1 Å². The number of rotatable bonds is 3. The lowest BCUT2D eigenvalue weighted by molar-refractivity contribution is -0.131. The van der Waals surface area contributed by atoms with Crippen LogP contribution in [-0.2, 0) is 9.53 Å². The molecule has 0 radical (unpaired) electrons. The number of carbonyl (C=O) groups excluding carboxylic acids is 2. The lowest BCUT2D eigenvalue weighted by atomic mass is 10.0. The summed E-state index contributed by atoms with van der Waals surface area (Å²) >= 11 is 0. The van der Waals surface area contributed by atoms with Gasteiger partial charge in [0, 0.05) is 19.6 Å². The molecule has 6 heteroatoms. The van der Waals surface area contributed by atoms with Crippen LogP contribution in [0.4, 0.5) is 4.79 Å². The van der Waals surface area contributed by atoms with E-state index >= 15 is 0 Å². The van der Waals surface area contributed by atoms with Crippen LogP contribution in [0.15, 0.2) is 0 Å². The van der Waals surface area contributed by atoms with Crippen LogP contribution in [0.1, 0.15) is 40.5 Å². The average molecular weight is 285 g/mol. The van der Waals surface area contributed by atoms with Crippen molar-refractivity contribution in [2.75, 3.05) is 26.2 Å². The van der Waals surface area contributed by atoms with E-state index in [9.17, 15) is 9.59 Å². The maximum absolute atomic E-state index is 12.2. The molecule has 0 aromatic carbocycles. The van der Waals surface area contributed by atoms with Crippen molar-refractivity contribution in [1.29, 1.82) is 0 Å². The van der Waals surface area contributed by atoms with E-state index in [4.69, 9.17) is 10.5 Å². The number of piperidine rings is 1. The Balaban J connectivity index is 2.69. The molecule has 0 saturated carbocycles. The molecule has 1 aliphatic rings. The van der Waals surface area contributed by atoms with Crippen LogP contribution in [0.2, 0.25) is 0 Å². The summed E-state index contributed by atoms with van der Waals surface area (Å²) < 4.78 is 5.42. The standard InChI is InChI=1S/C14H27N3O3/c1-5-17(13(19)20-14(2,3)4)11-7-6-8-16(10-11)12(18)9-15/h11H,5-10,15H2,1-4H3. The second-order valence-corrected chi connectivity index (χ2v) is 6.11. The number of likely N-dealkylation sites (N-methyl/N-ethyl adjacent to an activating group) is 1. The molecular weight excluding hydrogens is 258 g/mol. The lowest BCUT2D eigenvalue weighted by Crippen LogP contribution is -2.53. The third-order valence-corrected chi connectivity index (χ3v) is 3.33. The summed E-state index contributed by atoms with van der Waals surface area (Å²) in [5, 5.41) is 0. The molecule has 1 heterocycles. The van der Waals surface area contributed by atoms with E-state index in [1.807, 2.05) is 27.7 Å². The van der Waals surface area contributed by atoms with Crippen LogP contribution in [0.25, 0.3) is 0 Å². The van der Waals surface area contributed by atoms with Crippen molar-refractivity contribution >= 4 is 12.0 Å². The van der Waals surface area contributed by atoms with Gasteiger partial charge in [-0.3, -0.25) is 4.79 Å². The van der Waals surface area contributed by atoms with Gasteiger partial charge in [0.25, 0.3) is 0 Å². The Labute approximate surface area is 121 Å². The number of nitrogens with two attached hydrogens (primary N) is 1. The number of likely N-dealkylation sites (tertiary alicyclic amines) is 1. The second-order valence-electron chi connectivity index (χ2n) is 6.11. The molecular formula is C14H27N3O3. The van der Waals surface area contributed by atoms with Crippen molar-refractivity contribution in [2.24, 2.45) is 5.73 Å². The minimum atomic E-state index is -0.508. The van der Waals surface area contributed by atoms with Crippen molar-refractivity contribution in [3.05, 3.63) is 0 Å². The molecule has 2 N–H and O–H groups in total. The molecule has 1 aliphatic heterocycles. The van der Waals surface area contributed by atoms with Gasteiger partial charge < -0.3 is 20.3 Å². The summed E-state index contributed by atoms with van der Waals surface area (Å²) in [5.41, 5.74) is 4.90. The van der Waals surface area contributed by atoms with Crippen molar-refractivity contribution in [3.63, 3.8) is 0 Å². The molecule has 116 valence electrons. The van der Waals surface area contributed by atoms with E-state index in [2.05, 4.69) is 0 Å². The Hall–Kier alpha value is -1.30. The molecule has 0 aliphatic carbocycles. The molecule has 0 bridgehead atoms. The average Bonchev–Trinajstić information content (AvgIpc) is 2.37. The van der Waals surface area contributed by atoms with Gasteiger partial charge in [-0.25, -0.2) is 4.79 Å². The minimum Gasteiger partial charge on any atom is -0.444 e. The third-order valence-electron chi connectivity index (χ3n) is 3.33. The quantitative estimate of drug-likeness (QED) is 0.845. The molecule has 1 fully saturated rings. The molecule has 1 unspecified atom stereocenters. The predicted octanol–water partition coefficient (Wildman–Crippen LogP) is 1.19. The van der Waals surface area contributed by atoms with Crippen LogP contribution in [0.5, 0.6) is 0 Å². The van der Waals surface area contributed by atoms with E-state index in [0.717, 1.165) is 19.4 Å². The highest BCUT2D eigenvalue weighted by Gasteiger charge is 2.31. The van der Waals surface area contributed by atoms with Gasteiger partial charge in [0.15, 0.2) is 0 Å². The van der Waals surface area contributed by atoms with Crippen molar-refractivity contribution in [2.45, 2.75) is 52.2 Å². The zero-order valence-corrected chi connectivity index (χ0v) is 13.0. The summed E-state index contributed by atoms with van der Waals surface area (Å²) in [5.74, 6) is -0.0602. The monoisotopic (exact) mass is 285 g/mol. The van der Waals surface area contributed by atoms with Gasteiger partial charge in [0.1, 0.15) is 5.60 Å².